The second kappa shape index (κ2) is 4.98. The van der Waals surface area contributed by atoms with Crippen molar-refractivity contribution >= 4 is 34.7 Å². The second-order valence-electron chi connectivity index (χ2n) is 3.62. The number of aliphatic carboxylic acids is 1. The predicted octanol–water partition coefficient (Wildman–Crippen LogP) is 2.03. The number of rotatable bonds is 4. The molecule has 8 heteroatoms. The molecule has 3 aromatic rings. The Morgan fingerprint density at radius 1 is 1.37 bits per heavy atom. The van der Waals surface area contributed by atoms with Crippen LogP contribution in [0.1, 0.15) is 0 Å². The van der Waals surface area contributed by atoms with E-state index < -0.39 is 5.97 Å². The van der Waals surface area contributed by atoms with E-state index in [1.54, 1.807) is 28.0 Å². The van der Waals surface area contributed by atoms with Gasteiger partial charge >= 0.3 is 5.97 Å². The van der Waals surface area contributed by atoms with Crippen molar-refractivity contribution < 1.29 is 9.90 Å². The molecule has 0 aliphatic carbocycles. The van der Waals surface area contributed by atoms with Crippen molar-refractivity contribution in [2.45, 2.75) is 5.03 Å². The van der Waals surface area contributed by atoms with E-state index in [1.165, 1.54) is 11.8 Å². The fourth-order valence-electron chi connectivity index (χ4n) is 1.54. The van der Waals surface area contributed by atoms with Crippen molar-refractivity contribution in [3.05, 3.63) is 29.6 Å². The summed E-state index contributed by atoms with van der Waals surface area (Å²) < 4.78 is 1.63. The lowest BCUT2D eigenvalue weighted by Gasteiger charge is -2.00. The number of hydrogen-bond donors (Lipinski definition) is 1. The minimum absolute atomic E-state index is 0.0189. The third-order valence-electron chi connectivity index (χ3n) is 2.32. The first kappa shape index (κ1) is 12.1. The van der Waals surface area contributed by atoms with Gasteiger partial charge in [-0.3, -0.25) is 4.79 Å². The van der Waals surface area contributed by atoms with E-state index in [2.05, 4.69) is 15.3 Å². The molecule has 3 aromatic heterocycles. The molecule has 0 amide bonds. The van der Waals surface area contributed by atoms with Crippen LogP contribution in [0.4, 0.5) is 0 Å². The highest BCUT2D eigenvalue weighted by Gasteiger charge is 2.11. The van der Waals surface area contributed by atoms with Gasteiger partial charge in [0, 0.05) is 0 Å². The topological polar surface area (TPSA) is 80.4 Å². The number of carboxylic acid groups (broad SMARTS) is 1. The molecule has 0 bridgehead atoms. The molecule has 3 rings (SSSR count). The lowest BCUT2D eigenvalue weighted by atomic mass is 10.4. The van der Waals surface area contributed by atoms with E-state index in [0.717, 1.165) is 4.88 Å². The highest BCUT2D eigenvalue weighted by Crippen LogP contribution is 2.24. The second-order valence-corrected chi connectivity index (χ2v) is 5.57. The summed E-state index contributed by atoms with van der Waals surface area (Å²) in [4.78, 5) is 11.5. The van der Waals surface area contributed by atoms with Gasteiger partial charge in [0.2, 0.25) is 0 Å². The fourth-order valence-corrected chi connectivity index (χ4v) is 2.81. The smallest absolute Gasteiger partial charge is 0.313 e. The molecule has 19 heavy (non-hydrogen) atoms. The number of hydrogen-bond acceptors (Lipinski definition) is 6. The maximum atomic E-state index is 10.6. The van der Waals surface area contributed by atoms with Crippen LogP contribution in [0.15, 0.2) is 34.7 Å². The SMILES string of the molecule is O=C(O)CSc1ccc2nnc(-c3cccs3)n2n1. The van der Waals surface area contributed by atoms with E-state index >= 15 is 0 Å². The van der Waals surface area contributed by atoms with Crippen molar-refractivity contribution in [1.82, 2.24) is 19.8 Å². The Kier molecular flexibility index (Phi) is 3.18. The summed E-state index contributed by atoms with van der Waals surface area (Å²) in [6.45, 7) is 0. The minimum Gasteiger partial charge on any atom is -0.481 e. The average molecular weight is 292 g/mol. The summed E-state index contributed by atoms with van der Waals surface area (Å²) in [5.41, 5.74) is 0.642. The highest BCUT2D eigenvalue weighted by molar-refractivity contribution is 7.99. The van der Waals surface area contributed by atoms with Crippen LogP contribution in [-0.4, -0.2) is 36.6 Å². The van der Waals surface area contributed by atoms with Crippen LogP contribution in [-0.2, 0) is 4.79 Å². The first-order valence-electron chi connectivity index (χ1n) is 5.35. The molecule has 0 aliphatic heterocycles. The van der Waals surface area contributed by atoms with Crippen LogP contribution in [0, 0.1) is 0 Å². The van der Waals surface area contributed by atoms with Gasteiger partial charge in [-0.1, -0.05) is 17.8 Å². The van der Waals surface area contributed by atoms with Gasteiger partial charge in [-0.15, -0.1) is 21.5 Å². The van der Waals surface area contributed by atoms with Crippen LogP contribution < -0.4 is 0 Å². The summed E-state index contributed by atoms with van der Waals surface area (Å²) >= 11 is 2.72. The predicted molar refractivity (Wildman–Crippen MR) is 72.5 cm³/mol. The lowest BCUT2D eigenvalue weighted by molar-refractivity contribution is -0.133. The molecule has 96 valence electrons. The van der Waals surface area contributed by atoms with Gasteiger partial charge in [0.25, 0.3) is 0 Å². The van der Waals surface area contributed by atoms with Gasteiger partial charge in [0.05, 0.1) is 10.6 Å². The van der Waals surface area contributed by atoms with Crippen molar-refractivity contribution in [2.24, 2.45) is 0 Å². The Balaban J connectivity index is 2.01. The minimum atomic E-state index is -0.867. The summed E-state index contributed by atoms with van der Waals surface area (Å²) in [6.07, 6.45) is 0. The first-order chi connectivity index (χ1) is 9.24. The monoisotopic (exact) mass is 292 g/mol. The number of carboxylic acids is 1. The number of nitrogens with zero attached hydrogens (tertiary/aromatic N) is 4. The molecule has 0 saturated heterocycles. The molecular weight excluding hydrogens is 284 g/mol. The molecule has 0 unspecified atom stereocenters. The third kappa shape index (κ3) is 2.45. The number of thioether (sulfide) groups is 1. The molecule has 1 N–H and O–H groups in total. The molecule has 0 aliphatic rings. The zero-order valence-electron chi connectivity index (χ0n) is 9.55. The Morgan fingerprint density at radius 3 is 3.00 bits per heavy atom. The van der Waals surface area contributed by atoms with E-state index in [9.17, 15) is 4.79 Å². The molecule has 0 spiro atoms. The van der Waals surface area contributed by atoms with Gasteiger partial charge < -0.3 is 5.11 Å². The standard InChI is InChI=1S/C11H8N4O2S2/c16-10(17)6-19-9-4-3-8-12-13-11(15(8)14-9)7-2-1-5-18-7/h1-5H,6H2,(H,16,17). The normalized spacial score (nSPS) is 10.9. The molecule has 0 aromatic carbocycles. The van der Waals surface area contributed by atoms with Gasteiger partial charge in [-0.2, -0.15) is 9.61 Å². The van der Waals surface area contributed by atoms with Crippen LogP contribution in [0.25, 0.3) is 16.3 Å². The largest absolute Gasteiger partial charge is 0.481 e. The molecular formula is C11H8N4O2S2. The zero-order valence-corrected chi connectivity index (χ0v) is 11.2. The molecule has 0 saturated carbocycles. The van der Waals surface area contributed by atoms with Crippen molar-refractivity contribution in [2.75, 3.05) is 5.75 Å². The molecule has 3 heterocycles. The average Bonchev–Trinajstić information content (AvgIpc) is 3.04. The van der Waals surface area contributed by atoms with E-state index in [4.69, 9.17) is 5.11 Å². The number of carbonyl (C=O) groups is 1. The van der Waals surface area contributed by atoms with Crippen molar-refractivity contribution in [1.29, 1.82) is 0 Å². The van der Waals surface area contributed by atoms with Gasteiger partial charge in [-0.25, -0.2) is 0 Å². The summed E-state index contributed by atoms with van der Waals surface area (Å²) in [5.74, 6) is -0.216. The maximum Gasteiger partial charge on any atom is 0.313 e. The Hall–Kier alpha value is -1.93. The van der Waals surface area contributed by atoms with Crippen LogP contribution >= 0.6 is 23.1 Å². The van der Waals surface area contributed by atoms with Gasteiger partial charge in [-0.05, 0) is 23.6 Å². The molecule has 0 radical (unpaired) electrons. The van der Waals surface area contributed by atoms with Gasteiger partial charge in [0.15, 0.2) is 11.5 Å². The van der Waals surface area contributed by atoms with Crippen LogP contribution in [0.5, 0.6) is 0 Å². The highest BCUT2D eigenvalue weighted by atomic mass is 32.2. The van der Waals surface area contributed by atoms with Crippen molar-refractivity contribution in [3.8, 4) is 10.7 Å². The van der Waals surface area contributed by atoms with Crippen LogP contribution in [0.3, 0.4) is 0 Å². The molecule has 0 fully saturated rings. The number of fused-ring (bicyclic) bond motifs is 1. The van der Waals surface area contributed by atoms with Crippen LogP contribution in [0.2, 0.25) is 0 Å². The van der Waals surface area contributed by atoms with Crippen molar-refractivity contribution in [3.63, 3.8) is 0 Å². The lowest BCUT2D eigenvalue weighted by Crippen LogP contribution is -2.00. The Bertz CT molecular complexity index is 723. The zero-order chi connectivity index (χ0) is 13.2. The molecule has 0 atom stereocenters. The number of thiophene rings is 1. The maximum absolute atomic E-state index is 10.6. The van der Waals surface area contributed by atoms with E-state index in [1.807, 2.05) is 17.5 Å². The Morgan fingerprint density at radius 2 is 2.26 bits per heavy atom. The first-order valence-corrected chi connectivity index (χ1v) is 7.21. The summed E-state index contributed by atoms with van der Waals surface area (Å²) in [5, 5.41) is 23.8. The Labute approximate surface area is 116 Å². The fraction of sp³-hybridized carbons (Fsp3) is 0.0909. The summed E-state index contributed by atoms with van der Waals surface area (Å²) in [7, 11) is 0. The van der Waals surface area contributed by atoms with Gasteiger partial charge in [0.1, 0.15) is 5.03 Å². The third-order valence-corrected chi connectivity index (χ3v) is 4.09. The quantitative estimate of drug-likeness (QED) is 0.741. The molecule has 6 nitrogen and oxygen atoms in total. The van der Waals surface area contributed by atoms with E-state index in [-0.39, 0.29) is 5.75 Å². The van der Waals surface area contributed by atoms with E-state index in [0.29, 0.717) is 16.5 Å². The summed E-state index contributed by atoms with van der Waals surface area (Å²) in [6, 6.07) is 7.40. The number of aromatic nitrogens is 4.